The molecule has 1 atom stereocenters. The van der Waals surface area contributed by atoms with Gasteiger partial charge in [0.1, 0.15) is 29.8 Å². The second-order valence-electron chi connectivity index (χ2n) is 9.86. The lowest BCUT2D eigenvalue weighted by atomic mass is 10.1. The summed E-state index contributed by atoms with van der Waals surface area (Å²) >= 11 is 0. The fourth-order valence-electron chi connectivity index (χ4n) is 3.88. The SMILES string of the molecule is COc1ccc(CN(C(=O)CN(c2ccc(Oc3ccccc3)cc2)S(C)(=O)=O)[C@H](C)C(=O)NCC(C)C)cc1. The van der Waals surface area contributed by atoms with Crippen LogP contribution >= 0.6 is 0 Å². The molecular weight excluding hydrogens is 530 g/mol. The Hall–Kier alpha value is -4.05. The predicted molar refractivity (Wildman–Crippen MR) is 156 cm³/mol. The summed E-state index contributed by atoms with van der Waals surface area (Å²) in [6.07, 6.45) is 1.04. The highest BCUT2D eigenvalue weighted by Gasteiger charge is 2.30. The highest BCUT2D eigenvalue weighted by Crippen LogP contribution is 2.26. The average Bonchev–Trinajstić information content (AvgIpc) is 2.93. The number of hydrogen-bond acceptors (Lipinski definition) is 6. The molecule has 0 aliphatic rings. The number of para-hydroxylation sites is 1. The fraction of sp³-hybridized carbons (Fsp3) is 0.333. The van der Waals surface area contributed by atoms with Gasteiger partial charge in [0.15, 0.2) is 0 Å². The predicted octanol–water partition coefficient (Wildman–Crippen LogP) is 4.44. The third-order valence-corrected chi connectivity index (χ3v) is 7.29. The van der Waals surface area contributed by atoms with Crippen molar-refractivity contribution < 1.29 is 27.5 Å². The van der Waals surface area contributed by atoms with Gasteiger partial charge >= 0.3 is 0 Å². The molecule has 0 fully saturated rings. The highest BCUT2D eigenvalue weighted by molar-refractivity contribution is 7.92. The Morgan fingerprint density at radius 3 is 1.98 bits per heavy atom. The van der Waals surface area contributed by atoms with Crippen LogP contribution < -0.4 is 19.1 Å². The normalized spacial score (nSPS) is 11.9. The summed E-state index contributed by atoms with van der Waals surface area (Å²) in [4.78, 5) is 28.0. The topological polar surface area (TPSA) is 105 Å². The molecule has 0 unspecified atom stereocenters. The number of methoxy groups -OCH3 is 1. The first-order valence-electron chi connectivity index (χ1n) is 13.0. The van der Waals surface area contributed by atoms with E-state index < -0.39 is 28.5 Å². The molecule has 0 heterocycles. The van der Waals surface area contributed by atoms with E-state index in [0.717, 1.165) is 16.1 Å². The van der Waals surface area contributed by atoms with Gasteiger partial charge in [0.05, 0.1) is 19.1 Å². The van der Waals surface area contributed by atoms with Crippen LogP contribution in [0.25, 0.3) is 0 Å². The summed E-state index contributed by atoms with van der Waals surface area (Å²) in [5, 5.41) is 2.86. The number of nitrogens with one attached hydrogen (secondary N) is 1. The number of carbonyl (C=O) groups is 2. The second kappa shape index (κ2) is 13.8. The Kier molecular flexibility index (Phi) is 10.6. The maximum absolute atomic E-state index is 13.7. The Labute approximate surface area is 236 Å². The smallest absolute Gasteiger partial charge is 0.244 e. The van der Waals surface area contributed by atoms with Gasteiger partial charge in [-0.25, -0.2) is 8.42 Å². The molecule has 3 aromatic carbocycles. The molecule has 3 rings (SSSR count). The largest absolute Gasteiger partial charge is 0.497 e. The molecule has 0 saturated heterocycles. The number of ether oxygens (including phenoxy) is 2. The van der Waals surface area contributed by atoms with Crippen molar-refractivity contribution in [3.63, 3.8) is 0 Å². The zero-order valence-corrected chi connectivity index (χ0v) is 24.4. The van der Waals surface area contributed by atoms with Crippen LogP contribution in [0, 0.1) is 5.92 Å². The van der Waals surface area contributed by atoms with E-state index in [1.807, 2.05) is 44.2 Å². The first-order chi connectivity index (χ1) is 19.0. The second-order valence-corrected chi connectivity index (χ2v) is 11.8. The monoisotopic (exact) mass is 567 g/mol. The third-order valence-electron chi connectivity index (χ3n) is 6.15. The minimum Gasteiger partial charge on any atom is -0.497 e. The lowest BCUT2D eigenvalue weighted by molar-refractivity contribution is -0.139. The molecule has 0 bridgehead atoms. The van der Waals surface area contributed by atoms with Crippen molar-refractivity contribution in [1.82, 2.24) is 10.2 Å². The quantitative estimate of drug-likeness (QED) is 0.327. The van der Waals surface area contributed by atoms with E-state index in [-0.39, 0.29) is 18.4 Å². The van der Waals surface area contributed by atoms with Crippen LogP contribution in [0.2, 0.25) is 0 Å². The standard InChI is InChI=1S/C30H37N3O6S/c1-22(2)19-31-30(35)23(3)32(20-24-11-15-26(38-4)16-12-24)29(34)21-33(40(5,36)37)25-13-17-28(18-14-25)39-27-9-7-6-8-10-27/h6-18,22-23H,19-21H2,1-5H3,(H,31,35)/t23-/m1/s1. The van der Waals surface area contributed by atoms with Gasteiger partial charge in [0.2, 0.25) is 21.8 Å². The van der Waals surface area contributed by atoms with Crippen LogP contribution in [0.5, 0.6) is 17.2 Å². The van der Waals surface area contributed by atoms with Crippen molar-refractivity contribution >= 4 is 27.5 Å². The number of anilines is 1. The van der Waals surface area contributed by atoms with E-state index >= 15 is 0 Å². The first kappa shape index (κ1) is 30.5. The number of benzene rings is 3. The fourth-order valence-corrected chi connectivity index (χ4v) is 4.73. The number of sulfonamides is 1. The van der Waals surface area contributed by atoms with Crippen LogP contribution in [0.4, 0.5) is 5.69 Å². The van der Waals surface area contributed by atoms with Gasteiger partial charge in [-0.1, -0.05) is 44.2 Å². The molecule has 0 aliphatic carbocycles. The molecule has 0 saturated carbocycles. The Bertz CT molecular complexity index is 1360. The number of nitrogens with zero attached hydrogens (tertiary/aromatic N) is 2. The van der Waals surface area contributed by atoms with Gasteiger partial charge in [0, 0.05) is 13.1 Å². The number of rotatable bonds is 13. The Balaban J connectivity index is 1.85. The lowest BCUT2D eigenvalue weighted by Gasteiger charge is -2.31. The van der Waals surface area contributed by atoms with Gasteiger partial charge in [-0.3, -0.25) is 13.9 Å². The molecule has 0 aromatic heterocycles. The van der Waals surface area contributed by atoms with E-state index in [4.69, 9.17) is 9.47 Å². The molecule has 3 aromatic rings. The minimum atomic E-state index is -3.84. The van der Waals surface area contributed by atoms with Crippen molar-refractivity contribution in [2.75, 3.05) is 30.8 Å². The van der Waals surface area contributed by atoms with Gasteiger partial charge in [-0.15, -0.1) is 0 Å². The van der Waals surface area contributed by atoms with E-state index in [0.29, 0.717) is 29.5 Å². The zero-order chi connectivity index (χ0) is 29.3. The summed E-state index contributed by atoms with van der Waals surface area (Å²) < 4.78 is 37.7. The van der Waals surface area contributed by atoms with Crippen molar-refractivity contribution in [2.24, 2.45) is 5.92 Å². The summed E-state index contributed by atoms with van der Waals surface area (Å²) in [7, 11) is -2.28. The number of amides is 2. The molecular formula is C30H37N3O6S. The van der Waals surface area contributed by atoms with Crippen molar-refractivity contribution in [3.05, 3.63) is 84.4 Å². The van der Waals surface area contributed by atoms with Gasteiger partial charge in [-0.05, 0) is 66.9 Å². The molecule has 2 amide bonds. The van der Waals surface area contributed by atoms with Gasteiger partial charge < -0.3 is 19.7 Å². The number of hydrogen-bond donors (Lipinski definition) is 1. The molecule has 0 spiro atoms. The third kappa shape index (κ3) is 8.74. The van der Waals surface area contributed by atoms with Crippen LogP contribution in [0.15, 0.2) is 78.9 Å². The maximum atomic E-state index is 13.7. The molecule has 1 N–H and O–H groups in total. The highest BCUT2D eigenvalue weighted by atomic mass is 32.2. The van der Waals surface area contributed by atoms with E-state index in [9.17, 15) is 18.0 Å². The minimum absolute atomic E-state index is 0.112. The Morgan fingerprint density at radius 1 is 0.850 bits per heavy atom. The average molecular weight is 568 g/mol. The Morgan fingerprint density at radius 2 is 1.43 bits per heavy atom. The molecule has 214 valence electrons. The molecule has 0 radical (unpaired) electrons. The van der Waals surface area contributed by atoms with Crippen LogP contribution in [-0.4, -0.2) is 57.6 Å². The first-order valence-corrected chi connectivity index (χ1v) is 14.8. The van der Waals surface area contributed by atoms with Gasteiger partial charge in [0.25, 0.3) is 0 Å². The van der Waals surface area contributed by atoms with E-state index in [2.05, 4.69) is 5.32 Å². The van der Waals surface area contributed by atoms with Crippen LogP contribution in [-0.2, 0) is 26.2 Å². The zero-order valence-electron chi connectivity index (χ0n) is 23.5. The van der Waals surface area contributed by atoms with Crippen LogP contribution in [0.3, 0.4) is 0 Å². The van der Waals surface area contributed by atoms with Crippen molar-refractivity contribution in [1.29, 1.82) is 0 Å². The maximum Gasteiger partial charge on any atom is 0.244 e. The molecule has 0 aliphatic heterocycles. The molecule has 10 heteroatoms. The number of carbonyl (C=O) groups excluding carboxylic acids is 2. The van der Waals surface area contributed by atoms with Crippen LogP contribution in [0.1, 0.15) is 26.3 Å². The lowest BCUT2D eigenvalue weighted by Crippen LogP contribution is -2.51. The summed E-state index contributed by atoms with van der Waals surface area (Å²) in [6, 6.07) is 22.0. The summed E-state index contributed by atoms with van der Waals surface area (Å²) in [6.45, 7) is 5.69. The van der Waals surface area contributed by atoms with E-state index in [1.165, 1.54) is 4.90 Å². The summed E-state index contributed by atoms with van der Waals surface area (Å²) in [5.41, 5.74) is 1.07. The van der Waals surface area contributed by atoms with Crippen molar-refractivity contribution in [3.8, 4) is 17.2 Å². The van der Waals surface area contributed by atoms with Gasteiger partial charge in [-0.2, -0.15) is 0 Å². The molecule has 40 heavy (non-hydrogen) atoms. The summed E-state index contributed by atoms with van der Waals surface area (Å²) in [5.74, 6) is 1.22. The van der Waals surface area contributed by atoms with E-state index in [1.54, 1.807) is 62.6 Å². The molecule has 9 nitrogen and oxygen atoms in total. The van der Waals surface area contributed by atoms with Crippen molar-refractivity contribution in [2.45, 2.75) is 33.4 Å².